The molecule has 0 unspecified atom stereocenters. The van der Waals surface area contributed by atoms with Gasteiger partial charge in [0, 0.05) is 19.0 Å². The highest BCUT2D eigenvalue weighted by Gasteiger charge is 2.40. The molecule has 33 heavy (non-hydrogen) atoms. The molecule has 0 bridgehead atoms. The normalized spacial score (nSPS) is 12.8. The fourth-order valence-corrected chi connectivity index (χ4v) is 4.58. The standard InChI is InChI=1S/C22H20N4O6S/c1-32-13-9-10-15-17(12-13)33-22(23-15)24-18(27)8-3-2-4-11-25-20(28)14-6-5-7-16(26(30)31)19(14)21(25)29/h5-7,9-10,12H,2-4,8,11H2,1H3,(H,23,24,27). The number of rotatable bonds is 9. The van der Waals surface area contributed by atoms with Crippen LogP contribution in [0.2, 0.25) is 0 Å². The molecule has 3 amide bonds. The van der Waals surface area contributed by atoms with E-state index in [1.165, 1.54) is 29.5 Å². The SMILES string of the molecule is COc1ccc2nc(NC(=O)CCCCCN3C(=O)c4cccc([N+](=O)[O-])c4C3=O)sc2c1. The first-order valence-electron chi connectivity index (χ1n) is 10.3. The maximum absolute atomic E-state index is 12.5. The number of unbranched alkanes of at least 4 members (excludes halogenated alkanes) is 2. The van der Waals surface area contributed by atoms with Crippen molar-refractivity contribution in [3.63, 3.8) is 0 Å². The van der Waals surface area contributed by atoms with Crippen molar-refractivity contribution in [3.05, 3.63) is 57.6 Å². The van der Waals surface area contributed by atoms with E-state index in [2.05, 4.69) is 10.3 Å². The third-order valence-corrected chi connectivity index (χ3v) is 6.23. The Bertz CT molecular complexity index is 1270. The average Bonchev–Trinajstić information content (AvgIpc) is 3.31. The Morgan fingerprint density at radius 2 is 2.00 bits per heavy atom. The second-order valence-electron chi connectivity index (χ2n) is 7.43. The summed E-state index contributed by atoms with van der Waals surface area (Å²) in [5, 5.41) is 14.5. The van der Waals surface area contributed by atoms with Crippen molar-refractivity contribution in [1.29, 1.82) is 0 Å². The smallest absolute Gasteiger partial charge is 0.282 e. The summed E-state index contributed by atoms with van der Waals surface area (Å²) in [7, 11) is 1.59. The van der Waals surface area contributed by atoms with Gasteiger partial charge in [-0.3, -0.25) is 29.4 Å². The number of thiazole rings is 1. The number of ether oxygens (including phenoxy) is 1. The minimum atomic E-state index is -0.659. The van der Waals surface area contributed by atoms with Crippen molar-refractivity contribution in [2.24, 2.45) is 0 Å². The number of hydrogen-bond acceptors (Lipinski definition) is 8. The number of aromatic nitrogens is 1. The summed E-state index contributed by atoms with van der Waals surface area (Å²) in [6, 6.07) is 9.52. The molecule has 11 heteroatoms. The highest BCUT2D eigenvalue weighted by Crippen LogP contribution is 2.31. The first-order valence-corrected chi connectivity index (χ1v) is 11.1. The number of anilines is 1. The van der Waals surface area contributed by atoms with Gasteiger partial charge < -0.3 is 10.1 Å². The van der Waals surface area contributed by atoms with Gasteiger partial charge in [-0.2, -0.15) is 0 Å². The van der Waals surface area contributed by atoms with Crippen molar-refractivity contribution < 1.29 is 24.0 Å². The van der Waals surface area contributed by atoms with Crippen molar-refractivity contribution >= 4 is 50.1 Å². The number of nitrogens with one attached hydrogen (secondary N) is 1. The predicted octanol–water partition coefficient (Wildman–Crippen LogP) is 4.01. The van der Waals surface area contributed by atoms with Crippen molar-refractivity contribution in [2.45, 2.75) is 25.7 Å². The molecular weight excluding hydrogens is 448 g/mol. The van der Waals surface area contributed by atoms with Gasteiger partial charge >= 0.3 is 0 Å². The highest BCUT2D eigenvalue weighted by atomic mass is 32.1. The molecule has 4 rings (SSSR count). The molecule has 0 radical (unpaired) electrons. The van der Waals surface area contributed by atoms with Gasteiger partial charge in [0.25, 0.3) is 17.5 Å². The first kappa shape index (κ1) is 22.3. The fourth-order valence-electron chi connectivity index (χ4n) is 3.67. The number of carbonyl (C=O) groups excluding carboxylic acids is 3. The molecule has 1 aromatic heterocycles. The first-order chi connectivity index (χ1) is 15.9. The highest BCUT2D eigenvalue weighted by molar-refractivity contribution is 7.22. The number of nitro benzene ring substituents is 1. The number of nitro groups is 1. The zero-order valence-electron chi connectivity index (χ0n) is 17.7. The number of amides is 3. The van der Waals surface area contributed by atoms with E-state index in [0.717, 1.165) is 20.9 Å². The molecule has 0 saturated heterocycles. The molecule has 0 atom stereocenters. The zero-order chi connectivity index (χ0) is 23.5. The third kappa shape index (κ3) is 4.53. The van der Waals surface area contributed by atoms with E-state index < -0.39 is 16.7 Å². The Kier molecular flexibility index (Phi) is 6.31. The van der Waals surface area contributed by atoms with E-state index >= 15 is 0 Å². The lowest BCUT2D eigenvalue weighted by Crippen LogP contribution is -2.30. The minimum Gasteiger partial charge on any atom is -0.497 e. The Labute approximate surface area is 192 Å². The summed E-state index contributed by atoms with van der Waals surface area (Å²) in [5.74, 6) is -0.620. The van der Waals surface area contributed by atoms with Crippen LogP contribution in [-0.4, -0.2) is 46.2 Å². The molecule has 1 N–H and O–H groups in total. The quantitative estimate of drug-likeness (QED) is 0.217. The van der Waals surface area contributed by atoms with E-state index in [0.29, 0.717) is 24.4 Å². The number of imide groups is 1. The summed E-state index contributed by atoms with van der Waals surface area (Å²) in [6.07, 6.45) is 1.94. The van der Waals surface area contributed by atoms with Gasteiger partial charge in [0.2, 0.25) is 5.91 Å². The summed E-state index contributed by atoms with van der Waals surface area (Å²) in [5.41, 5.74) is 0.318. The van der Waals surface area contributed by atoms with E-state index in [4.69, 9.17) is 4.74 Å². The zero-order valence-corrected chi connectivity index (χ0v) is 18.5. The van der Waals surface area contributed by atoms with E-state index in [9.17, 15) is 24.5 Å². The van der Waals surface area contributed by atoms with Crippen LogP contribution in [0.4, 0.5) is 10.8 Å². The third-order valence-electron chi connectivity index (χ3n) is 5.30. The van der Waals surface area contributed by atoms with Crippen LogP contribution >= 0.6 is 11.3 Å². The number of benzene rings is 2. The maximum atomic E-state index is 12.5. The van der Waals surface area contributed by atoms with Gasteiger partial charge in [-0.15, -0.1) is 0 Å². The molecule has 0 saturated carbocycles. The Morgan fingerprint density at radius 1 is 1.18 bits per heavy atom. The minimum absolute atomic E-state index is 0.0574. The van der Waals surface area contributed by atoms with Crippen LogP contribution in [0.5, 0.6) is 5.75 Å². The predicted molar refractivity (Wildman–Crippen MR) is 122 cm³/mol. The summed E-state index contributed by atoms with van der Waals surface area (Å²) < 4.78 is 6.10. The fraction of sp³-hybridized carbons (Fsp3) is 0.273. The van der Waals surface area contributed by atoms with Crippen LogP contribution in [0.3, 0.4) is 0 Å². The average molecular weight is 468 g/mol. The Balaban J connectivity index is 1.25. The molecule has 1 aliphatic heterocycles. The second kappa shape index (κ2) is 9.33. The summed E-state index contributed by atoms with van der Waals surface area (Å²) in [6.45, 7) is 0.144. The van der Waals surface area contributed by atoms with Crippen LogP contribution < -0.4 is 10.1 Å². The van der Waals surface area contributed by atoms with Crippen LogP contribution in [0.25, 0.3) is 10.2 Å². The van der Waals surface area contributed by atoms with Crippen molar-refractivity contribution in [1.82, 2.24) is 9.88 Å². The van der Waals surface area contributed by atoms with Gasteiger partial charge in [-0.25, -0.2) is 4.98 Å². The molecule has 2 aromatic carbocycles. The molecule has 1 aliphatic rings. The van der Waals surface area contributed by atoms with Gasteiger partial charge in [-0.05, 0) is 37.1 Å². The van der Waals surface area contributed by atoms with Gasteiger partial charge in [0.1, 0.15) is 11.3 Å². The van der Waals surface area contributed by atoms with Crippen LogP contribution in [-0.2, 0) is 4.79 Å². The van der Waals surface area contributed by atoms with Crippen molar-refractivity contribution in [3.8, 4) is 5.75 Å². The summed E-state index contributed by atoms with van der Waals surface area (Å²) >= 11 is 1.36. The number of methoxy groups -OCH3 is 1. The number of fused-ring (bicyclic) bond motifs is 2. The molecule has 0 spiro atoms. The molecule has 2 heterocycles. The van der Waals surface area contributed by atoms with E-state index in [-0.39, 0.29) is 35.7 Å². The lowest BCUT2D eigenvalue weighted by Gasteiger charge is -2.13. The molecular formula is C22H20N4O6S. The van der Waals surface area contributed by atoms with Gasteiger partial charge in [0.05, 0.1) is 27.8 Å². The van der Waals surface area contributed by atoms with Gasteiger partial charge in [-0.1, -0.05) is 23.8 Å². The molecule has 3 aromatic rings. The van der Waals surface area contributed by atoms with Crippen molar-refractivity contribution in [2.75, 3.05) is 19.0 Å². The number of carbonyl (C=O) groups is 3. The van der Waals surface area contributed by atoms with Crippen LogP contribution in [0.15, 0.2) is 36.4 Å². The second-order valence-corrected chi connectivity index (χ2v) is 8.46. The lowest BCUT2D eigenvalue weighted by atomic mass is 10.1. The van der Waals surface area contributed by atoms with Gasteiger partial charge in [0.15, 0.2) is 5.13 Å². The lowest BCUT2D eigenvalue weighted by molar-refractivity contribution is -0.385. The largest absolute Gasteiger partial charge is 0.497 e. The Morgan fingerprint density at radius 3 is 2.76 bits per heavy atom. The van der Waals surface area contributed by atoms with E-state index in [1.807, 2.05) is 12.1 Å². The number of nitrogens with zero attached hydrogens (tertiary/aromatic N) is 3. The monoisotopic (exact) mass is 468 g/mol. The topological polar surface area (TPSA) is 132 Å². The van der Waals surface area contributed by atoms with Crippen LogP contribution in [0, 0.1) is 10.1 Å². The molecule has 0 fully saturated rings. The van der Waals surface area contributed by atoms with Crippen LogP contribution in [0.1, 0.15) is 46.4 Å². The number of hydrogen-bond donors (Lipinski definition) is 1. The van der Waals surface area contributed by atoms with E-state index in [1.54, 1.807) is 13.2 Å². The molecule has 0 aliphatic carbocycles. The molecule has 170 valence electrons. The maximum Gasteiger partial charge on any atom is 0.282 e. The molecule has 10 nitrogen and oxygen atoms in total. The Hall–Kier alpha value is -3.86. The summed E-state index contributed by atoms with van der Waals surface area (Å²) in [4.78, 5) is 53.2.